The molecule has 1 fully saturated rings. The van der Waals surface area contributed by atoms with E-state index >= 15 is 0 Å². The number of hydrogen-bond acceptors (Lipinski definition) is 5. The Balaban J connectivity index is 3.10. The lowest BCUT2D eigenvalue weighted by atomic mass is 9.84. The number of carbonyl (C=O) groups is 3. The molecule has 0 aromatic carbocycles. The third-order valence-electron chi connectivity index (χ3n) is 5.97. The van der Waals surface area contributed by atoms with E-state index in [4.69, 9.17) is 4.74 Å². The van der Waals surface area contributed by atoms with E-state index in [1.807, 2.05) is 41.7 Å². The molecule has 7 nitrogen and oxygen atoms in total. The summed E-state index contributed by atoms with van der Waals surface area (Å²) in [4.78, 5) is 42.4. The van der Waals surface area contributed by atoms with Gasteiger partial charge in [-0.25, -0.2) is 4.79 Å². The summed E-state index contributed by atoms with van der Waals surface area (Å²) >= 11 is 0. The van der Waals surface area contributed by atoms with Crippen molar-refractivity contribution < 1.29 is 19.1 Å². The van der Waals surface area contributed by atoms with Crippen LogP contribution in [0.3, 0.4) is 0 Å². The van der Waals surface area contributed by atoms with E-state index in [1.54, 1.807) is 31.9 Å². The molecule has 1 aliphatic rings. The van der Waals surface area contributed by atoms with Crippen LogP contribution in [0.2, 0.25) is 0 Å². The average molecular weight is 438 g/mol. The number of rotatable bonds is 8. The van der Waals surface area contributed by atoms with Crippen LogP contribution in [0.4, 0.5) is 0 Å². The van der Waals surface area contributed by atoms with Crippen molar-refractivity contribution in [2.75, 3.05) is 27.2 Å². The topological polar surface area (TPSA) is 79.0 Å². The molecule has 1 aliphatic heterocycles. The number of likely N-dealkylation sites (N-methyl/N-ethyl adjacent to an activating group) is 2. The molecule has 0 aliphatic carbocycles. The van der Waals surface area contributed by atoms with Crippen LogP contribution in [-0.2, 0) is 19.1 Å². The first-order chi connectivity index (χ1) is 14.3. The minimum Gasteiger partial charge on any atom is -0.463 e. The van der Waals surface area contributed by atoms with Gasteiger partial charge in [0.2, 0.25) is 11.8 Å². The summed E-state index contributed by atoms with van der Waals surface area (Å²) in [5.74, 6) is -0.553. The fourth-order valence-electron chi connectivity index (χ4n) is 3.96. The summed E-state index contributed by atoms with van der Waals surface area (Å²) in [5, 5.41) is 3.04. The maximum atomic E-state index is 13.6. The van der Waals surface area contributed by atoms with Gasteiger partial charge in [0.05, 0.1) is 18.7 Å². The Morgan fingerprint density at radius 2 is 1.84 bits per heavy atom. The molecule has 1 saturated heterocycles. The van der Waals surface area contributed by atoms with Gasteiger partial charge in [0.25, 0.3) is 0 Å². The second-order valence-corrected chi connectivity index (χ2v) is 10.1. The lowest BCUT2D eigenvalue weighted by molar-refractivity contribution is -0.141. The molecule has 3 atom stereocenters. The van der Waals surface area contributed by atoms with Gasteiger partial charge in [0.15, 0.2) is 0 Å². The minimum atomic E-state index is -0.669. The molecule has 0 aromatic heterocycles. The van der Waals surface area contributed by atoms with Crippen molar-refractivity contribution in [1.82, 2.24) is 15.1 Å². The molecule has 31 heavy (non-hydrogen) atoms. The molecule has 0 spiro atoms. The third kappa shape index (κ3) is 7.63. The van der Waals surface area contributed by atoms with Gasteiger partial charge >= 0.3 is 5.97 Å². The smallest absolute Gasteiger partial charge is 0.333 e. The minimum absolute atomic E-state index is 0.0825. The Hall–Kier alpha value is -1.89. The standard InChI is InChI=1S/C24H43N3O4/c1-10-31-23(30)17(4)15-19(16(2)3)27(9)22(29)20(24(5,6)7)25-21(28)18-13-11-12-14-26(18)8/h15-16,18-20H,10-14H2,1-9H3,(H,25,28)/t18?,19-,20-/m0/s1. The number of likely N-dealkylation sites (tertiary alicyclic amines) is 1. The van der Waals surface area contributed by atoms with Gasteiger partial charge in [-0.15, -0.1) is 0 Å². The zero-order valence-corrected chi connectivity index (χ0v) is 20.9. The predicted octanol–water partition coefficient (Wildman–Crippen LogP) is 2.99. The number of piperidine rings is 1. The first-order valence-electron chi connectivity index (χ1n) is 11.4. The highest BCUT2D eigenvalue weighted by molar-refractivity contribution is 5.91. The van der Waals surface area contributed by atoms with Gasteiger partial charge in [-0.1, -0.05) is 47.1 Å². The van der Waals surface area contributed by atoms with Gasteiger partial charge in [0.1, 0.15) is 6.04 Å². The fraction of sp³-hybridized carbons (Fsp3) is 0.792. The fourth-order valence-corrected chi connectivity index (χ4v) is 3.96. The summed E-state index contributed by atoms with van der Waals surface area (Å²) in [6.07, 6.45) is 4.70. The number of nitrogens with one attached hydrogen (secondary N) is 1. The number of ether oxygens (including phenoxy) is 1. The van der Waals surface area contributed by atoms with E-state index in [1.165, 1.54) is 0 Å². The molecule has 0 bridgehead atoms. The molecule has 7 heteroatoms. The van der Waals surface area contributed by atoms with E-state index in [9.17, 15) is 14.4 Å². The van der Waals surface area contributed by atoms with Crippen molar-refractivity contribution in [3.8, 4) is 0 Å². The molecule has 2 amide bonds. The quantitative estimate of drug-likeness (QED) is 0.466. The molecule has 0 radical (unpaired) electrons. The van der Waals surface area contributed by atoms with Gasteiger partial charge in [-0.3, -0.25) is 14.5 Å². The molecule has 1 rings (SSSR count). The van der Waals surface area contributed by atoms with Crippen LogP contribution in [0.25, 0.3) is 0 Å². The van der Waals surface area contributed by atoms with Crippen LogP contribution in [0.1, 0.15) is 67.7 Å². The number of esters is 1. The highest BCUT2D eigenvalue weighted by Crippen LogP contribution is 2.25. The normalized spacial score (nSPS) is 20.2. The molecule has 1 heterocycles. The predicted molar refractivity (Wildman–Crippen MR) is 123 cm³/mol. The second kappa shape index (κ2) is 11.7. The molecule has 1 unspecified atom stereocenters. The van der Waals surface area contributed by atoms with Crippen LogP contribution in [0, 0.1) is 11.3 Å². The van der Waals surface area contributed by atoms with Crippen LogP contribution in [0.15, 0.2) is 11.6 Å². The second-order valence-electron chi connectivity index (χ2n) is 10.1. The molecular weight excluding hydrogens is 394 g/mol. The third-order valence-corrected chi connectivity index (χ3v) is 5.97. The summed E-state index contributed by atoms with van der Waals surface area (Å²) in [5.41, 5.74) is 0.00994. The van der Waals surface area contributed by atoms with Gasteiger partial charge < -0.3 is 15.0 Å². The van der Waals surface area contributed by atoms with E-state index in [2.05, 4.69) is 10.2 Å². The lowest BCUT2D eigenvalue weighted by Gasteiger charge is -2.39. The Morgan fingerprint density at radius 1 is 1.23 bits per heavy atom. The Bertz CT molecular complexity index is 666. The summed E-state index contributed by atoms with van der Waals surface area (Å²) in [7, 11) is 3.70. The molecule has 0 saturated carbocycles. The Labute approximate surface area is 188 Å². The van der Waals surface area contributed by atoms with Gasteiger partial charge in [-0.2, -0.15) is 0 Å². The van der Waals surface area contributed by atoms with E-state index in [0.29, 0.717) is 12.2 Å². The van der Waals surface area contributed by atoms with Crippen molar-refractivity contribution in [2.45, 2.75) is 85.9 Å². The van der Waals surface area contributed by atoms with Crippen LogP contribution in [0.5, 0.6) is 0 Å². The van der Waals surface area contributed by atoms with Crippen molar-refractivity contribution in [1.29, 1.82) is 0 Å². The summed E-state index contributed by atoms with van der Waals surface area (Å²) < 4.78 is 5.08. The molecular formula is C24H43N3O4. The van der Waals surface area contributed by atoms with Gasteiger partial charge in [0, 0.05) is 12.6 Å². The highest BCUT2D eigenvalue weighted by atomic mass is 16.5. The van der Waals surface area contributed by atoms with Crippen LogP contribution >= 0.6 is 0 Å². The van der Waals surface area contributed by atoms with Crippen molar-refractivity contribution >= 4 is 17.8 Å². The van der Waals surface area contributed by atoms with E-state index in [-0.39, 0.29) is 35.8 Å². The maximum absolute atomic E-state index is 13.6. The number of hydrogen-bond donors (Lipinski definition) is 1. The average Bonchev–Trinajstić information content (AvgIpc) is 2.68. The SMILES string of the molecule is CCOC(=O)C(C)=C[C@@H](C(C)C)N(C)C(=O)[C@H](NC(=O)C1CCCCN1C)C(C)(C)C. The number of amides is 2. The van der Waals surface area contributed by atoms with Crippen LogP contribution < -0.4 is 5.32 Å². The highest BCUT2D eigenvalue weighted by Gasteiger charge is 2.39. The number of nitrogens with zero attached hydrogens (tertiary/aromatic N) is 2. The van der Waals surface area contributed by atoms with E-state index < -0.39 is 11.5 Å². The zero-order chi connectivity index (χ0) is 23.9. The van der Waals surface area contributed by atoms with Crippen LogP contribution in [-0.4, -0.2) is 73.0 Å². The molecule has 178 valence electrons. The van der Waals surface area contributed by atoms with Crippen molar-refractivity contribution in [2.24, 2.45) is 11.3 Å². The van der Waals surface area contributed by atoms with E-state index in [0.717, 1.165) is 25.8 Å². The first-order valence-corrected chi connectivity index (χ1v) is 11.4. The number of carbonyl (C=O) groups excluding carboxylic acids is 3. The van der Waals surface area contributed by atoms with Gasteiger partial charge in [-0.05, 0) is 51.6 Å². The van der Waals surface area contributed by atoms with Crippen molar-refractivity contribution in [3.63, 3.8) is 0 Å². The monoisotopic (exact) mass is 437 g/mol. The van der Waals surface area contributed by atoms with Crippen molar-refractivity contribution in [3.05, 3.63) is 11.6 Å². The summed E-state index contributed by atoms with van der Waals surface area (Å²) in [6, 6.07) is -1.17. The lowest BCUT2D eigenvalue weighted by Crippen LogP contribution is -2.59. The maximum Gasteiger partial charge on any atom is 0.333 e. The Morgan fingerprint density at radius 3 is 2.32 bits per heavy atom. The molecule has 0 aromatic rings. The summed E-state index contributed by atoms with van der Waals surface area (Å²) in [6.45, 7) is 14.5. The molecule has 1 N–H and O–H groups in total. The first kappa shape index (κ1) is 27.1. The largest absolute Gasteiger partial charge is 0.463 e. The zero-order valence-electron chi connectivity index (χ0n) is 20.9. The Kier molecular flexibility index (Phi) is 10.2.